The zero-order valence-corrected chi connectivity index (χ0v) is 20.5. The Morgan fingerprint density at radius 2 is 1.74 bits per heavy atom. The van der Waals surface area contributed by atoms with Crippen LogP contribution in [0.3, 0.4) is 0 Å². The highest BCUT2D eigenvalue weighted by Crippen LogP contribution is 2.40. The van der Waals surface area contributed by atoms with Crippen LogP contribution in [0, 0.1) is 24.7 Å². The molecule has 2 aromatic rings. The van der Waals surface area contributed by atoms with Crippen molar-refractivity contribution in [3.63, 3.8) is 0 Å². The minimum atomic E-state index is -1.14. The number of allylic oxidation sites excluding steroid dienone is 2. The van der Waals surface area contributed by atoms with Gasteiger partial charge in [0, 0.05) is 10.6 Å². The van der Waals surface area contributed by atoms with Gasteiger partial charge in [-0.2, -0.15) is 5.01 Å². The molecule has 6 nitrogen and oxygen atoms in total. The maximum atomic E-state index is 13.8. The Labute approximate surface area is 208 Å². The number of imide groups is 1. The summed E-state index contributed by atoms with van der Waals surface area (Å²) >= 11 is 12.3. The highest BCUT2D eigenvalue weighted by atomic mass is 35.5. The van der Waals surface area contributed by atoms with Gasteiger partial charge in [-0.15, -0.1) is 0 Å². The normalized spacial score (nSPS) is 22.5. The van der Waals surface area contributed by atoms with Gasteiger partial charge < -0.3 is 0 Å². The number of aryl methyl sites for hydroxylation is 1. The molecular weight excluding hydrogens is 475 g/mol. The molecule has 0 bridgehead atoms. The first-order valence-electron chi connectivity index (χ1n) is 11.1. The number of carbonyl (C=O) groups is 4. The topological polar surface area (TPSA) is 74.8 Å². The van der Waals surface area contributed by atoms with Crippen molar-refractivity contribution in [3.05, 3.63) is 81.4 Å². The second-order valence-corrected chi connectivity index (χ2v) is 9.67. The van der Waals surface area contributed by atoms with Crippen molar-refractivity contribution in [1.82, 2.24) is 10.0 Å². The summed E-state index contributed by atoms with van der Waals surface area (Å²) in [6, 6.07) is 10.1. The molecule has 4 atom stereocenters. The van der Waals surface area contributed by atoms with Gasteiger partial charge in [-0.25, -0.2) is 5.01 Å². The van der Waals surface area contributed by atoms with E-state index in [-0.39, 0.29) is 16.5 Å². The smallest absolute Gasteiger partial charge is 0.275 e. The first-order chi connectivity index (χ1) is 16.1. The molecule has 1 aliphatic carbocycles. The van der Waals surface area contributed by atoms with E-state index in [4.69, 9.17) is 23.2 Å². The summed E-state index contributed by atoms with van der Waals surface area (Å²) in [6.07, 6.45) is 4.18. The van der Waals surface area contributed by atoms with Crippen LogP contribution < -0.4 is 0 Å². The second kappa shape index (κ2) is 9.35. The Kier molecular flexibility index (Phi) is 6.65. The Hall–Kier alpha value is -2.96. The molecule has 1 saturated heterocycles. The third-order valence-corrected chi connectivity index (χ3v) is 7.06. The van der Waals surface area contributed by atoms with Gasteiger partial charge in [-0.3, -0.25) is 19.2 Å². The van der Waals surface area contributed by atoms with Gasteiger partial charge in [-0.05, 0) is 44.4 Å². The van der Waals surface area contributed by atoms with Crippen LogP contribution in [0.15, 0.2) is 54.6 Å². The van der Waals surface area contributed by atoms with E-state index in [1.54, 1.807) is 24.3 Å². The van der Waals surface area contributed by atoms with E-state index >= 15 is 0 Å². The molecule has 0 saturated carbocycles. The average molecular weight is 499 g/mol. The number of nitrogens with zero attached hydrogens (tertiary/aromatic N) is 2. The average Bonchev–Trinajstić information content (AvgIpc) is 3.05. The number of hydrogen-bond donors (Lipinski definition) is 0. The molecule has 8 heteroatoms. The number of rotatable bonds is 5. The van der Waals surface area contributed by atoms with E-state index in [2.05, 4.69) is 0 Å². The van der Waals surface area contributed by atoms with Crippen molar-refractivity contribution in [2.24, 2.45) is 17.8 Å². The number of benzene rings is 2. The Morgan fingerprint density at radius 3 is 2.35 bits per heavy atom. The largest absolute Gasteiger partial charge is 0.292 e. The number of amides is 3. The SMILES string of the molecule is Cc1ccc(C(=O)[C@H](C)N(C(=O)c2ccc(Cl)cc2Cl)N2C(=O)[C@@H]3[C@@H](C)C=CC[C@H]3C2=O)cc1. The summed E-state index contributed by atoms with van der Waals surface area (Å²) in [6.45, 7) is 5.27. The van der Waals surface area contributed by atoms with Crippen molar-refractivity contribution in [2.75, 3.05) is 0 Å². The third kappa shape index (κ3) is 4.17. The highest BCUT2D eigenvalue weighted by Gasteiger charge is 2.54. The molecule has 0 N–H and O–H groups in total. The highest BCUT2D eigenvalue weighted by molar-refractivity contribution is 6.36. The molecule has 0 radical (unpaired) electrons. The fourth-order valence-corrected chi connectivity index (χ4v) is 5.13. The van der Waals surface area contributed by atoms with Crippen LogP contribution in [-0.4, -0.2) is 39.6 Å². The summed E-state index contributed by atoms with van der Waals surface area (Å²) in [7, 11) is 0. The van der Waals surface area contributed by atoms with Crippen molar-refractivity contribution in [2.45, 2.75) is 33.2 Å². The van der Waals surface area contributed by atoms with Crippen molar-refractivity contribution in [3.8, 4) is 0 Å². The molecular formula is C26H24Cl2N2O4. The molecule has 1 fully saturated rings. The standard InChI is InChI=1S/C26H24Cl2N2O4/c1-14-7-9-17(10-8-14)23(31)16(3)29(24(32)19-12-11-18(27)13-21(19)28)30-25(33)20-6-4-5-15(2)22(20)26(30)34/h4-5,7-13,15-16,20,22H,6H2,1-3H3/t15-,16-,20+,22+/m0/s1. The summed E-state index contributed by atoms with van der Waals surface area (Å²) < 4.78 is 0. The van der Waals surface area contributed by atoms with E-state index in [1.165, 1.54) is 25.1 Å². The summed E-state index contributed by atoms with van der Waals surface area (Å²) in [4.78, 5) is 54.1. The fourth-order valence-electron chi connectivity index (χ4n) is 4.64. The van der Waals surface area contributed by atoms with Gasteiger partial charge in [0.05, 0.1) is 22.4 Å². The van der Waals surface area contributed by atoms with Gasteiger partial charge in [-0.1, -0.05) is 72.1 Å². The summed E-state index contributed by atoms with van der Waals surface area (Å²) in [5, 5.41) is 2.22. The number of hydrazine groups is 1. The zero-order valence-electron chi connectivity index (χ0n) is 19.0. The van der Waals surface area contributed by atoms with Gasteiger partial charge in [0.15, 0.2) is 5.78 Å². The number of ketones is 1. The molecule has 1 heterocycles. The molecule has 3 amide bonds. The minimum Gasteiger partial charge on any atom is -0.292 e. The second-order valence-electron chi connectivity index (χ2n) is 8.82. The summed E-state index contributed by atoms with van der Waals surface area (Å²) in [5.74, 6) is -3.45. The maximum Gasteiger partial charge on any atom is 0.275 e. The van der Waals surface area contributed by atoms with Crippen LogP contribution in [0.1, 0.15) is 46.5 Å². The molecule has 0 unspecified atom stereocenters. The predicted molar refractivity (Wildman–Crippen MR) is 129 cm³/mol. The fraction of sp³-hybridized carbons (Fsp3) is 0.308. The van der Waals surface area contributed by atoms with Gasteiger partial charge in [0.25, 0.3) is 17.7 Å². The van der Waals surface area contributed by atoms with E-state index in [1.807, 2.05) is 26.0 Å². The van der Waals surface area contributed by atoms with Crippen LogP contribution in [0.2, 0.25) is 10.0 Å². The molecule has 34 heavy (non-hydrogen) atoms. The first kappa shape index (κ1) is 24.2. The maximum absolute atomic E-state index is 13.8. The Balaban J connectivity index is 1.79. The molecule has 176 valence electrons. The van der Waals surface area contributed by atoms with Crippen LogP contribution in [0.5, 0.6) is 0 Å². The number of fused-ring (bicyclic) bond motifs is 1. The van der Waals surface area contributed by atoms with Crippen LogP contribution in [0.25, 0.3) is 0 Å². The minimum absolute atomic E-state index is 0.0382. The van der Waals surface area contributed by atoms with E-state index < -0.39 is 41.4 Å². The van der Waals surface area contributed by atoms with Crippen LogP contribution >= 0.6 is 23.2 Å². The number of carbonyl (C=O) groups excluding carboxylic acids is 4. The number of Topliss-reactive ketones (excluding diaryl/α,β-unsaturated/α-hetero) is 1. The van der Waals surface area contributed by atoms with E-state index in [0.717, 1.165) is 15.6 Å². The first-order valence-corrected chi connectivity index (χ1v) is 11.8. The molecule has 2 aromatic carbocycles. The monoisotopic (exact) mass is 498 g/mol. The van der Waals surface area contributed by atoms with Crippen molar-refractivity contribution in [1.29, 1.82) is 0 Å². The third-order valence-electron chi connectivity index (χ3n) is 6.52. The Bertz CT molecular complexity index is 1210. The molecule has 2 aliphatic rings. The van der Waals surface area contributed by atoms with Crippen LogP contribution in [-0.2, 0) is 9.59 Å². The lowest BCUT2D eigenvalue weighted by atomic mass is 9.78. The molecule has 4 rings (SSSR count). The van der Waals surface area contributed by atoms with Crippen molar-refractivity contribution >= 4 is 46.7 Å². The van der Waals surface area contributed by atoms with Gasteiger partial charge >= 0.3 is 0 Å². The van der Waals surface area contributed by atoms with Crippen LogP contribution in [0.4, 0.5) is 0 Å². The van der Waals surface area contributed by atoms with Gasteiger partial charge in [0.1, 0.15) is 6.04 Å². The van der Waals surface area contributed by atoms with Gasteiger partial charge in [0.2, 0.25) is 0 Å². The summed E-state index contributed by atoms with van der Waals surface area (Å²) in [5.41, 5.74) is 1.38. The van der Waals surface area contributed by atoms with Crippen molar-refractivity contribution < 1.29 is 19.2 Å². The molecule has 0 aromatic heterocycles. The lowest BCUT2D eigenvalue weighted by Crippen LogP contribution is -2.56. The lowest BCUT2D eigenvalue weighted by molar-refractivity contribution is -0.156. The number of hydrogen-bond acceptors (Lipinski definition) is 4. The molecule has 0 spiro atoms. The quantitative estimate of drug-likeness (QED) is 0.325. The van der Waals surface area contributed by atoms with E-state index in [9.17, 15) is 19.2 Å². The van der Waals surface area contributed by atoms with E-state index in [0.29, 0.717) is 17.0 Å². The number of halogens is 2. The zero-order chi connectivity index (χ0) is 24.7. The molecule has 1 aliphatic heterocycles. The predicted octanol–water partition coefficient (Wildman–Crippen LogP) is 5.13. The Morgan fingerprint density at radius 1 is 1.06 bits per heavy atom. The lowest BCUT2D eigenvalue weighted by Gasteiger charge is -2.35.